The Morgan fingerprint density at radius 1 is 0.733 bits per heavy atom. The van der Waals surface area contributed by atoms with Gasteiger partial charge in [0.1, 0.15) is 23.0 Å². The molecule has 0 aliphatic carbocycles. The number of hydrogen-bond acceptors (Lipinski definition) is 8. The lowest BCUT2D eigenvalue weighted by atomic mass is 10.2. The molecule has 30 heavy (non-hydrogen) atoms. The van der Waals surface area contributed by atoms with E-state index < -0.39 is 0 Å². The topological polar surface area (TPSA) is 164 Å². The van der Waals surface area contributed by atoms with Crippen molar-refractivity contribution in [1.29, 1.82) is 0 Å². The molecule has 0 heterocycles. The molecule has 0 saturated heterocycles. The predicted octanol–water partition coefficient (Wildman–Crippen LogP) is 1.67. The van der Waals surface area contributed by atoms with E-state index in [0.29, 0.717) is 24.0 Å². The second-order valence-electron chi connectivity index (χ2n) is 6.28. The molecule has 0 radical (unpaired) electrons. The van der Waals surface area contributed by atoms with Crippen LogP contribution in [-0.4, -0.2) is 44.7 Å². The quantitative estimate of drug-likeness (QED) is 0.208. The van der Waals surface area contributed by atoms with Crippen molar-refractivity contribution in [1.82, 2.24) is 10.9 Å². The van der Waals surface area contributed by atoms with Gasteiger partial charge in [0.2, 0.25) is 11.8 Å². The summed E-state index contributed by atoms with van der Waals surface area (Å²) in [5.41, 5.74) is 5.31. The van der Waals surface area contributed by atoms with Crippen LogP contribution in [0.3, 0.4) is 0 Å². The number of hydrazone groups is 2. The van der Waals surface area contributed by atoms with Crippen LogP contribution < -0.4 is 10.9 Å². The summed E-state index contributed by atoms with van der Waals surface area (Å²) >= 11 is 0. The van der Waals surface area contributed by atoms with E-state index >= 15 is 0 Å². The van der Waals surface area contributed by atoms with Gasteiger partial charge in [0.15, 0.2) is 0 Å². The Bertz CT molecular complexity index is 881. The maximum Gasteiger partial charge on any atom is 0.240 e. The lowest BCUT2D eigenvalue weighted by molar-refractivity contribution is -0.123. The molecule has 0 fully saturated rings. The maximum absolute atomic E-state index is 11.7. The molecule has 0 spiro atoms. The molecule has 0 atom stereocenters. The Hall–Kier alpha value is -4.08. The first-order valence-corrected chi connectivity index (χ1v) is 9.03. The molecule has 0 saturated carbocycles. The molecule has 6 N–H and O–H groups in total. The Kier molecular flexibility index (Phi) is 8.18. The lowest BCUT2D eigenvalue weighted by Gasteiger charge is -2.02. The van der Waals surface area contributed by atoms with E-state index in [0.717, 1.165) is 12.1 Å². The summed E-state index contributed by atoms with van der Waals surface area (Å²) in [4.78, 5) is 23.4. The number of carbonyl (C=O) groups excluding carboxylic acids is 2. The number of phenols is 4. The third-order valence-electron chi connectivity index (χ3n) is 3.87. The number of phenolic OH excluding ortho intramolecular Hbond substituents is 4. The SMILES string of the molecule is O=C(CCCCC(=O)N/N=C/c1ccc(O)cc1O)N/N=C\c1ccc(O)cc1O. The van der Waals surface area contributed by atoms with E-state index in [-0.39, 0.29) is 47.7 Å². The minimum Gasteiger partial charge on any atom is -0.508 e. The van der Waals surface area contributed by atoms with Crippen LogP contribution in [0.2, 0.25) is 0 Å². The molecule has 0 aliphatic heterocycles. The molecule has 0 unspecified atom stereocenters. The van der Waals surface area contributed by atoms with Crippen molar-refractivity contribution in [3.63, 3.8) is 0 Å². The number of amides is 2. The Labute approximate surface area is 172 Å². The molecule has 0 aliphatic rings. The van der Waals surface area contributed by atoms with Gasteiger partial charge < -0.3 is 20.4 Å². The highest BCUT2D eigenvalue weighted by Crippen LogP contribution is 2.21. The summed E-state index contributed by atoms with van der Waals surface area (Å²) in [6, 6.07) is 7.98. The zero-order chi connectivity index (χ0) is 21.9. The van der Waals surface area contributed by atoms with Gasteiger partial charge >= 0.3 is 0 Å². The van der Waals surface area contributed by atoms with Gasteiger partial charge in [-0.1, -0.05) is 0 Å². The highest BCUT2D eigenvalue weighted by Gasteiger charge is 2.04. The van der Waals surface area contributed by atoms with Gasteiger partial charge in [0.25, 0.3) is 0 Å². The fourth-order valence-electron chi connectivity index (χ4n) is 2.31. The Morgan fingerprint density at radius 2 is 1.13 bits per heavy atom. The van der Waals surface area contributed by atoms with E-state index in [1.54, 1.807) is 0 Å². The van der Waals surface area contributed by atoms with Crippen molar-refractivity contribution in [3.05, 3.63) is 47.5 Å². The maximum atomic E-state index is 11.7. The zero-order valence-electron chi connectivity index (χ0n) is 15.9. The van der Waals surface area contributed by atoms with Crippen molar-refractivity contribution in [2.75, 3.05) is 0 Å². The molecule has 2 aromatic carbocycles. The Balaban J connectivity index is 1.63. The van der Waals surface area contributed by atoms with Gasteiger partial charge in [-0.3, -0.25) is 9.59 Å². The summed E-state index contributed by atoms with van der Waals surface area (Å²) in [5, 5.41) is 45.1. The van der Waals surface area contributed by atoms with Crippen molar-refractivity contribution in [3.8, 4) is 23.0 Å². The largest absolute Gasteiger partial charge is 0.508 e. The highest BCUT2D eigenvalue weighted by atomic mass is 16.3. The van der Waals surface area contributed by atoms with Crippen LogP contribution in [0.25, 0.3) is 0 Å². The van der Waals surface area contributed by atoms with E-state index in [2.05, 4.69) is 21.1 Å². The zero-order valence-corrected chi connectivity index (χ0v) is 15.9. The number of nitrogens with one attached hydrogen (secondary N) is 2. The van der Waals surface area contributed by atoms with E-state index in [9.17, 15) is 30.0 Å². The monoisotopic (exact) mass is 414 g/mol. The van der Waals surface area contributed by atoms with Gasteiger partial charge in [-0.15, -0.1) is 0 Å². The predicted molar refractivity (Wildman–Crippen MR) is 109 cm³/mol. The van der Waals surface area contributed by atoms with Gasteiger partial charge in [0.05, 0.1) is 12.4 Å². The molecular formula is C20H22N4O6. The minimum atomic E-state index is -0.342. The van der Waals surface area contributed by atoms with Crippen LogP contribution >= 0.6 is 0 Å². The van der Waals surface area contributed by atoms with Gasteiger partial charge in [-0.25, -0.2) is 10.9 Å². The average molecular weight is 414 g/mol. The average Bonchev–Trinajstić information content (AvgIpc) is 2.68. The van der Waals surface area contributed by atoms with E-state index in [1.165, 1.54) is 36.7 Å². The molecule has 158 valence electrons. The number of rotatable bonds is 9. The molecule has 2 aromatic rings. The first-order chi connectivity index (χ1) is 14.3. The van der Waals surface area contributed by atoms with Crippen LogP contribution in [0.4, 0.5) is 0 Å². The summed E-state index contributed by atoms with van der Waals surface area (Å²) in [5.74, 6) is -1.18. The van der Waals surface area contributed by atoms with Crippen molar-refractivity contribution >= 4 is 24.2 Å². The Morgan fingerprint density at radius 3 is 1.50 bits per heavy atom. The molecule has 2 amide bonds. The third kappa shape index (κ3) is 7.50. The van der Waals surface area contributed by atoms with E-state index in [1.807, 2.05) is 0 Å². The number of aromatic hydroxyl groups is 4. The third-order valence-corrected chi connectivity index (χ3v) is 3.87. The van der Waals surface area contributed by atoms with Gasteiger partial charge in [-0.2, -0.15) is 10.2 Å². The second-order valence-corrected chi connectivity index (χ2v) is 6.28. The summed E-state index contributed by atoms with van der Waals surface area (Å²) < 4.78 is 0. The van der Waals surface area contributed by atoms with Crippen LogP contribution in [-0.2, 0) is 9.59 Å². The fraction of sp³-hybridized carbons (Fsp3) is 0.200. The van der Waals surface area contributed by atoms with Gasteiger partial charge in [-0.05, 0) is 37.1 Å². The van der Waals surface area contributed by atoms with Crippen molar-refractivity contribution in [2.24, 2.45) is 10.2 Å². The first-order valence-electron chi connectivity index (χ1n) is 9.03. The second kappa shape index (κ2) is 11.1. The van der Waals surface area contributed by atoms with Crippen LogP contribution in [0, 0.1) is 0 Å². The first kappa shape index (κ1) is 22.2. The number of carbonyl (C=O) groups is 2. The van der Waals surface area contributed by atoms with Gasteiger partial charge in [0, 0.05) is 36.1 Å². The smallest absolute Gasteiger partial charge is 0.240 e. The molecule has 2 rings (SSSR count). The summed E-state index contributed by atoms with van der Waals surface area (Å²) in [6.07, 6.45) is 3.76. The van der Waals surface area contributed by atoms with Crippen molar-refractivity contribution < 1.29 is 30.0 Å². The highest BCUT2D eigenvalue weighted by molar-refractivity contribution is 5.86. The lowest BCUT2D eigenvalue weighted by Crippen LogP contribution is -2.19. The standard InChI is InChI=1S/C20H22N4O6/c25-15-7-5-13(17(27)9-15)11-21-23-19(29)3-1-2-4-20(30)24-22-12-14-6-8-16(26)10-18(14)28/h5-12,25-28H,1-4H2,(H,23,29)(H,24,30)/b21-11-,22-12+. The minimum absolute atomic E-state index is 0.0816. The summed E-state index contributed by atoms with van der Waals surface area (Å²) in [6.45, 7) is 0. The molecule has 0 aromatic heterocycles. The van der Waals surface area contributed by atoms with E-state index in [4.69, 9.17) is 0 Å². The van der Waals surface area contributed by atoms with Crippen LogP contribution in [0.5, 0.6) is 23.0 Å². The summed E-state index contributed by atoms with van der Waals surface area (Å²) in [7, 11) is 0. The molecule has 10 nitrogen and oxygen atoms in total. The number of nitrogens with zero attached hydrogens (tertiary/aromatic N) is 2. The fourth-order valence-corrected chi connectivity index (χ4v) is 2.31. The molecular weight excluding hydrogens is 392 g/mol. The van der Waals surface area contributed by atoms with Crippen LogP contribution in [0.15, 0.2) is 46.6 Å². The number of hydrogen-bond donors (Lipinski definition) is 6. The molecule has 0 bridgehead atoms. The van der Waals surface area contributed by atoms with Crippen molar-refractivity contribution in [2.45, 2.75) is 25.7 Å². The van der Waals surface area contributed by atoms with Crippen LogP contribution in [0.1, 0.15) is 36.8 Å². The number of benzene rings is 2. The normalized spacial score (nSPS) is 11.1. The molecule has 10 heteroatoms. The number of unbranched alkanes of at least 4 members (excludes halogenated alkanes) is 1.